The minimum absolute atomic E-state index is 0.110. The van der Waals surface area contributed by atoms with Crippen LogP contribution in [0.2, 0.25) is 0 Å². The first-order chi connectivity index (χ1) is 17.1. The Kier molecular flexibility index (Phi) is 6.96. The van der Waals surface area contributed by atoms with Crippen molar-refractivity contribution in [2.24, 2.45) is 0 Å². The highest BCUT2D eigenvalue weighted by Gasteiger charge is 2.31. The van der Waals surface area contributed by atoms with Crippen LogP contribution >= 0.6 is 0 Å². The van der Waals surface area contributed by atoms with Gasteiger partial charge in [-0.05, 0) is 42.3 Å². The number of hydrogen-bond acceptors (Lipinski definition) is 4. The number of H-pyrrole nitrogens is 1. The first kappa shape index (κ1) is 24.8. The van der Waals surface area contributed by atoms with Gasteiger partial charge in [-0.15, -0.1) is 0 Å². The van der Waals surface area contributed by atoms with E-state index in [1.165, 1.54) is 12.1 Å². The number of carbonyl (C=O) groups is 2. The number of carbonyl (C=O) groups excluding carboxylic acids is 2. The van der Waals surface area contributed by atoms with Gasteiger partial charge in [0.1, 0.15) is 17.6 Å². The molecule has 0 aliphatic carbocycles. The maximum Gasteiger partial charge on any atom is 0.416 e. The highest BCUT2D eigenvalue weighted by atomic mass is 19.4. The molecule has 0 radical (unpaired) electrons. The second-order valence-electron chi connectivity index (χ2n) is 8.40. The Morgan fingerprint density at radius 3 is 2.56 bits per heavy atom. The second-order valence-corrected chi connectivity index (χ2v) is 8.40. The Labute approximate surface area is 204 Å². The summed E-state index contributed by atoms with van der Waals surface area (Å²) in [4.78, 5) is 33.2. The number of hydrogen-bond donors (Lipinski definition) is 4. The van der Waals surface area contributed by atoms with E-state index in [0.29, 0.717) is 11.5 Å². The molecular weight excluding hydrogens is 471 g/mol. The van der Waals surface area contributed by atoms with Crippen LogP contribution in [-0.4, -0.2) is 27.8 Å². The molecule has 0 bridgehead atoms. The Bertz CT molecular complexity index is 1380. The van der Waals surface area contributed by atoms with Crippen molar-refractivity contribution in [1.29, 1.82) is 0 Å². The zero-order chi connectivity index (χ0) is 25.9. The molecule has 0 fully saturated rings. The molecule has 0 unspecified atom stereocenters. The molecule has 0 saturated carbocycles. The number of amides is 2. The van der Waals surface area contributed by atoms with Gasteiger partial charge in [-0.1, -0.05) is 42.5 Å². The summed E-state index contributed by atoms with van der Waals surface area (Å²) in [5, 5.41) is 6.22. The Hall–Kier alpha value is -4.34. The molecule has 2 aromatic carbocycles. The van der Waals surface area contributed by atoms with Gasteiger partial charge in [0.05, 0.1) is 5.56 Å². The minimum Gasteiger partial charge on any atom is -0.384 e. The molecule has 36 heavy (non-hydrogen) atoms. The summed E-state index contributed by atoms with van der Waals surface area (Å²) >= 11 is 0. The van der Waals surface area contributed by atoms with Crippen molar-refractivity contribution < 1.29 is 22.8 Å². The fourth-order valence-electron chi connectivity index (χ4n) is 3.85. The van der Waals surface area contributed by atoms with E-state index in [1.54, 1.807) is 25.1 Å². The molecule has 4 aromatic rings. The molecule has 10 heteroatoms. The first-order valence-electron chi connectivity index (χ1n) is 11.1. The molecule has 2 amide bonds. The third-order valence-electron chi connectivity index (χ3n) is 5.76. The minimum atomic E-state index is -4.53. The van der Waals surface area contributed by atoms with E-state index in [9.17, 15) is 22.8 Å². The molecule has 0 saturated heterocycles. The number of benzene rings is 2. The number of pyridine rings is 1. The van der Waals surface area contributed by atoms with Crippen LogP contribution < -0.4 is 16.4 Å². The SMILES string of the molecule is Cc1nc(N)ccc1CNC(=O)[C@H](Cc1cccc(C(F)(F)F)c1)NC(=O)c1cc2ccccc2[nH]1. The number of anilines is 1. The van der Waals surface area contributed by atoms with Crippen LogP contribution in [0, 0.1) is 6.92 Å². The molecule has 5 N–H and O–H groups in total. The Morgan fingerprint density at radius 2 is 1.83 bits per heavy atom. The number of nitrogens with one attached hydrogen (secondary N) is 3. The lowest BCUT2D eigenvalue weighted by Gasteiger charge is -2.19. The van der Waals surface area contributed by atoms with Crippen LogP contribution in [0.15, 0.2) is 66.7 Å². The number of aryl methyl sites for hydroxylation is 1. The number of fused-ring (bicyclic) bond motifs is 1. The molecule has 186 valence electrons. The van der Waals surface area contributed by atoms with E-state index in [1.807, 2.05) is 24.3 Å². The molecular formula is C26H24F3N5O2. The van der Waals surface area contributed by atoms with Crippen molar-refractivity contribution in [3.8, 4) is 0 Å². The average molecular weight is 496 g/mol. The van der Waals surface area contributed by atoms with Crippen molar-refractivity contribution in [3.63, 3.8) is 0 Å². The standard InChI is InChI=1S/C26H24F3N5O2/c1-15-18(9-10-23(30)32-15)14-31-24(35)21(12-16-5-4-7-19(11-16)26(27,28)29)34-25(36)22-13-17-6-2-3-8-20(17)33-22/h2-11,13,21,33H,12,14H2,1H3,(H2,30,32)(H,31,35)(H,34,36)/t21-/m0/s1. The predicted molar refractivity (Wildman–Crippen MR) is 130 cm³/mol. The zero-order valence-corrected chi connectivity index (χ0v) is 19.3. The van der Waals surface area contributed by atoms with E-state index in [4.69, 9.17) is 5.73 Å². The van der Waals surface area contributed by atoms with Gasteiger partial charge in [0, 0.05) is 29.6 Å². The number of nitrogen functional groups attached to an aromatic ring is 1. The third-order valence-corrected chi connectivity index (χ3v) is 5.76. The normalized spacial score (nSPS) is 12.3. The molecule has 7 nitrogen and oxygen atoms in total. The number of rotatable bonds is 7. The molecule has 1 atom stereocenters. The second kappa shape index (κ2) is 10.1. The average Bonchev–Trinajstić information content (AvgIpc) is 3.27. The summed E-state index contributed by atoms with van der Waals surface area (Å²) in [6.07, 6.45) is -4.66. The number of aromatic nitrogens is 2. The summed E-state index contributed by atoms with van der Waals surface area (Å²) in [6, 6.07) is 15.8. The quantitative estimate of drug-likeness (QED) is 0.309. The van der Waals surface area contributed by atoms with Crippen LogP contribution in [0.1, 0.15) is 32.9 Å². The number of para-hydroxylation sites is 1. The number of nitrogens with two attached hydrogens (primary N) is 1. The monoisotopic (exact) mass is 495 g/mol. The largest absolute Gasteiger partial charge is 0.416 e. The van der Waals surface area contributed by atoms with Crippen molar-refractivity contribution in [1.82, 2.24) is 20.6 Å². The van der Waals surface area contributed by atoms with Crippen LogP contribution in [0.4, 0.5) is 19.0 Å². The smallest absolute Gasteiger partial charge is 0.384 e. The summed E-state index contributed by atoms with van der Waals surface area (Å²) in [6.45, 7) is 1.86. The van der Waals surface area contributed by atoms with E-state index in [0.717, 1.165) is 28.6 Å². The van der Waals surface area contributed by atoms with Crippen LogP contribution in [-0.2, 0) is 23.9 Å². The Morgan fingerprint density at radius 1 is 1.06 bits per heavy atom. The summed E-state index contributed by atoms with van der Waals surface area (Å²) in [5.41, 5.74) is 7.42. The van der Waals surface area contributed by atoms with Crippen molar-refractivity contribution >= 4 is 28.5 Å². The zero-order valence-electron chi connectivity index (χ0n) is 19.3. The van der Waals surface area contributed by atoms with Crippen molar-refractivity contribution in [2.75, 3.05) is 5.73 Å². The van der Waals surface area contributed by atoms with Crippen LogP contribution in [0.25, 0.3) is 10.9 Å². The van der Waals surface area contributed by atoms with E-state index in [2.05, 4.69) is 20.6 Å². The number of halogens is 3. The van der Waals surface area contributed by atoms with Gasteiger partial charge in [0.2, 0.25) is 5.91 Å². The molecule has 0 aliphatic heterocycles. The lowest BCUT2D eigenvalue weighted by molar-refractivity contribution is -0.137. The number of alkyl halides is 3. The highest BCUT2D eigenvalue weighted by molar-refractivity contribution is 6.00. The summed E-state index contributed by atoms with van der Waals surface area (Å²) < 4.78 is 39.6. The fourth-order valence-corrected chi connectivity index (χ4v) is 3.85. The molecule has 4 rings (SSSR count). The van der Waals surface area contributed by atoms with Gasteiger partial charge in [0.25, 0.3) is 5.91 Å². The van der Waals surface area contributed by atoms with E-state index >= 15 is 0 Å². The van der Waals surface area contributed by atoms with Gasteiger partial charge in [-0.3, -0.25) is 9.59 Å². The first-order valence-corrected chi connectivity index (χ1v) is 11.1. The number of nitrogens with zero attached hydrogens (tertiary/aromatic N) is 1. The fraction of sp³-hybridized carbons (Fsp3) is 0.192. The topological polar surface area (TPSA) is 113 Å². The number of aromatic amines is 1. The third kappa shape index (κ3) is 5.83. The van der Waals surface area contributed by atoms with E-state index < -0.39 is 29.6 Å². The van der Waals surface area contributed by atoms with E-state index in [-0.39, 0.29) is 24.2 Å². The van der Waals surface area contributed by atoms with Gasteiger partial charge in [0.15, 0.2) is 0 Å². The molecule has 0 aliphatic rings. The maximum atomic E-state index is 13.2. The lowest BCUT2D eigenvalue weighted by Crippen LogP contribution is -2.48. The lowest BCUT2D eigenvalue weighted by atomic mass is 10.0. The van der Waals surface area contributed by atoms with Crippen molar-refractivity contribution in [2.45, 2.75) is 32.1 Å². The van der Waals surface area contributed by atoms with Gasteiger partial charge < -0.3 is 21.4 Å². The maximum absolute atomic E-state index is 13.2. The molecule has 2 heterocycles. The van der Waals surface area contributed by atoms with Gasteiger partial charge in [-0.2, -0.15) is 13.2 Å². The van der Waals surface area contributed by atoms with Crippen LogP contribution in [0.5, 0.6) is 0 Å². The predicted octanol–water partition coefficient (Wildman–Crippen LogP) is 4.13. The molecule has 0 spiro atoms. The molecule has 2 aromatic heterocycles. The van der Waals surface area contributed by atoms with Gasteiger partial charge >= 0.3 is 6.18 Å². The van der Waals surface area contributed by atoms with Crippen LogP contribution in [0.3, 0.4) is 0 Å². The van der Waals surface area contributed by atoms with Gasteiger partial charge in [-0.25, -0.2) is 4.98 Å². The summed E-state index contributed by atoms with van der Waals surface area (Å²) in [7, 11) is 0. The Balaban J connectivity index is 1.56. The highest BCUT2D eigenvalue weighted by Crippen LogP contribution is 2.29. The summed E-state index contributed by atoms with van der Waals surface area (Å²) in [5.74, 6) is -0.757. The van der Waals surface area contributed by atoms with Crippen molar-refractivity contribution in [3.05, 3.63) is 94.8 Å².